The van der Waals surface area contributed by atoms with Crippen molar-refractivity contribution < 1.29 is 53.7 Å². The summed E-state index contributed by atoms with van der Waals surface area (Å²) in [5.74, 6) is -1.14. The molecule has 1 atom stereocenters. The van der Waals surface area contributed by atoms with Crippen LogP contribution in [-0.4, -0.2) is 72.8 Å². The van der Waals surface area contributed by atoms with Gasteiger partial charge in [-0.1, -0.05) is 102 Å². The number of nitrogens with zero attached hydrogens (tertiary/aromatic N) is 1. The van der Waals surface area contributed by atoms with Crippen molar-refractivity contribution in [2.75, 3.05) is 19.0 Å². The lowest BCUT2D eigenvalue weighted by Crippen LogP contribution is -2.68. The molecule has 0 spiro atoms. The number of amides is 2. The van der Waals surface area contributed by atoms with E-state index in [2.05, 4.69) is 30.3 Å². The predicted molar refractivity (Wildman–Crippen MR) is 223 cm³/mol. The van der Waals surface area contributed by atoms with E-state index >= 15 is 0 Å². The van der Waals surface area contributed by atoms with E-state index in [9.17, 15) is 31.2 Å². The number of carbonyl (C=O) groups excluding carboxylic acids is 2. The highest BCUT2D eigenvalue weighted by atomic mass is 32.2. The molecule has 0 saturated heterocycles. The van der Waals surface area contributed by atoms with Gasteiger partial charge in [-0.25, -0.2) is 4.79 Å². The lowest BCUT2D eigenvalue weighted by Gasteiger charge is -2.43. The molecule has 3 aromatic carbocycles. The van der Waals surface area contributed by atoms with E-state index in [4.69, 9.17) is 18.3 Å². The summed E-state index contributed by atoms with van der Waals surface area (Å²) in [5.41, 5.74) is -6.87. The van der Waals surface area contributed by atoms with Gasteiger partial charge in [0.1, 0.15) is 17.1 Å². The van der Waals surface area contributed by atoms with Gasteiger partial charge in [-0.15, -0.1) is 0 Å². The number of rotatable bonds is 12. The quantitative estimate of drug-likeness (QED) is 0.108. The van der Waals surface area contributed by atoms with Gasteiger partial charge in [0.05, 0.1) is 31.0 Å². The second kappa shape index (κ2) is 16.7. The molecule has 0 bridgehead atoms. The summed E-state index contributed by atoms with van der Waals surface area (Å²) in [4.78, 5) is 29.2. The molecule has 1 heterocycles. The fourth-order valence-corrected chi connectivity index (χ4v) is 12.2. The Balaban J connectivity index is 1.94. The zero-order chi connectivity index (χ0) is 43.7. The summed E-state index contributed by atoms with van der Waals surface area (Å²) in [7, 11) is -10.5. The molecule has 0 aliphatic carbocycles. The van der Waals surface area contributed by atoms with Gasteiger partial charge in [0.25, 0.3) is 5.91 Å². The Labute approximate surface area is 342 Å². The Morgan fingerprint density at radius 1 is 0.828 bits per heavy atom. The molecule has 1 N–H and O–H groups in total. The van der Waals surface area contributed by atoms with Crippen molar-refractivity contribution in [3.63, 3.8) is 0 Å². The number of halogens is 3. The number of nitrogens with one attached hydrogen (secondary N) is 1. The van der Waals surface area contributed by atoms with E-state index in [1.807, 2.05) is 94.5 Å². The maximum Gasteiger partial charge on any atom is 0.534 e. The van der Waals surface area contributed by atoms with Gasteiger partial charge in [0.2, 0.25) is 0 Å². The molecule has 0 saturated carbocycles. The molecule has 0 unspecified atom stereocenters. The number of benzene rings is 3. The summed E-state index contributed by atoms with van der Waals surface area (Å²) in [6.45, 7) is 21.0. The molecule has 3 aromatic rings. The van der Waals surface area contributed by atoms with Crippen LogP contribution in [0.15, 0.2) is 84.8 Å². The Hall–Kier alpha value is -4.33. The first-order chi connectivity index (χ1) is 26.5. The van der Waals surface area contributed by atoms with Crippen LogP contribution >= 0.6 is 0 Å². The first-order valence-corrected chi connectivity index (χ1v) is 25.0. The molecule has 17 heteroatoms. The minimum atomic E-state index is -6.06. The molecule has 0 fully saturated rings. The largest absolute Gasteiger partial charge is 0.534 e. The van der Waals surface area contributed by atoms with Crippen LogP contribution in [0, 0.1) is 0 Å². The molecule has 4 rings (SSSR count). The maximum atomic E-state index is 14.8. The van der Waals surface area contributed by atoms with Crippen LogP contribution in [0.25, 0.3) is 0 Å². The lowest BCUT2D eigenvalue weighted by atomic mass is 10.1. The van der Waals surface area contributed by atoms with Gasteiger partial charge < -0.3 is 27.4 Å². The summed E-state index contributed by atoms with van der Waals surface area (Å²) in [5, 5.41) is 3.78. The molecular formula is C41H55F3N2O9SSi2. The first-order valence-electron chi connectivity index (χ1n) is 18.7. The smallest absolute Gasteiger partial charge is 0.531 e. The molecule has 11 nitrogen and oxygen atoms in total. The molecule has 0 aromatic heterocycles. The van der Waals surface area contributed by atoms with Crippen molar-refractivity contribution in [1.82, 2.24) is 4.90 Å². The van der Waals surface area contributed by atoms with E-state index in [0.29, 0.717) is 0 Å². The molecule has 2 amide bonds. The van der Waals surface area contributed by atoms with Crippen LogP contribution < -0.4 is 24.9 Å². The average Bonchev–Trinajstić information content (AvgIpc) is 3.49. The fourth-order valence-electron chi connectivity index (χ4n) is 6.22. The molecule has 0 radical (unpaired) electrons. The summed E-state index contributed by atoms with van der Waals surface area (Å²) < 4.78 is 94.2. The summed E-state index contributed by atoms with van der Waals surface area (Å²) in [6.07, 6.45) is -0.392. The van der Waals surface area contributed by atoms with Gasteiger partial charge in [-0.05, 0) is 60.4 Å². The first kappa shape index (κ1) is 46.4. The lowest BCUT2D eigenvalue weighted by molar-refractivity contribution is -0.0523. The van der Waals surface area contributed by atoms with Gasteiger partial charge in [-0.2, -0.15) is 21.6 Å². The summed E-state index contributed by atoms with van der Waals surface area (Å²) >= 11 is 0. The van der Waals surface area contributed by atoms with Gasteiger partial charge in [0.15, 0.2) is 14.1 Å². The highest BCUT2D eigenvalue weighted by Gasteiger charge is 2.53. The molecule has 1 aliphatic rings. The zero-order valence-corrected chi connectivity index (χ0v) is 38.0. The number of carbonyl (C=O) groups is 2. The minimum Gasteiger partial charge on any atom is -0.531 e. The summed E-state index contributed by atoms with van der Waals surface area (Å²) in [6, 6.07) is 21.4. The van der Waals surface area contributed by atoms with Crippen molar-refractivity contribution in [3.05, 3.63) is 90.3 Å². The van der Waals surface area contributed by atoms with Crippen LogP contribution in [0.3, 0.4) is 0 Å². The Morgan fingerprint density at radius 2 is 1.36 bits per heavy atom. The molecule has 58 heavy (non-hydrogen) atoms. The second-order valence-electron chi connectivity index (χ2n) is 17.7. The topological polar surface area (TPSA) is 130 Å². The molecule has 1 aliphatic heterocycles. The monoisotopic (exact) mass is 864 g/mol. The number of anilines is 1. The predicted octanol–water partition coefficient (Wildman–Crippen LogP) is 8.92. The third-order valence-electron chi connectivity index (χ3n) is 10.1. The van der Waals surface area contributed by atoms with Crippen molar-refractivity contribution in [1.29, 1.82) is 0 Å². The normalized spacial score (nSPS) is 15.7. The Bertz CT molecular complexity index is 2060. The number of methoxy groups -OCH3 is 1. The van der Waals surface area contributed by atoms with Crippen LogP contribution in [0.5, 0.6) is 11.5 Å². The Morgan fingerprint density at radius 3 is 1.81 bits per heavy atom. The van der Waals surface area contributed by atoms with Crippen LogP contribution in [0.4, 0.5) is 23.7 Å². The van der Waals surface area contributed by atoms with Gasteiger partial charge in [0, 0.05) is 18.7 Å². The number of ether oxygens (including phenoxy) is 2. The highest BCUT2D eigenvalue weighted by Crippen LogP contribution is 2.43. The third-order valence-corrected chi connectivity index (χ3v) is 20.6. The molecular weight excluding hydrogens is 810 g/mol. The fraction of sp³-hybridized carbons (Fsp3) is 0.463. The van der Waals surface area contributed by atoms with Crippen LogP contribution in [0.2, 0.25) is 23.2 Å². The SMILES string of the molecule is COc1cc(C(=O)N2C=C(OS(=O)(=O)C(F)(F)F)C[C@H]2CO[Si](C)(C)C(C)(C)C)c(NC(=O)OC(C)(C)C)cc1O[Si](c1ccccc1)(c1ccccc1)C(C)(C)C. The minimum absolute atomic E-state index is 0.0669. The number of alkyl halides is 3. The highest BCUT2D eigenvalue weighted by molar-refractivity contribution is 7.87. The number of hydrogen-bond acceptors (Lipinski definition) is 9. The van der Waals surface area contributed by atoms with E-state index in [1.54, 1.807) is 20.8 Å². The average molecular weight is 865 g/mol. The second-order valence-corrected chi connectivity index (χ2v) is 28.2. The van der Waals surface area contributed by atoms with Crippen molar-refractivity contribution >= 4 is 54.8 Å². The zero-order valence-electron chi connectivity index (χ0n) is 35.2. The Kier molecular flexibility index (Phi) is 13.4. The van der Waals surface area contributed by atoms with E-state index in [0.717, 1.165) is 21.5 Å². The van der Waals surface area contributed by atoms with E-state index in [-0.39, 0.29) is 34.4 Å². The van der Waals surface area contributed by atoms with Crippen LogP contribution in [0.1, 0.15) is 79.1 Å². The van der Waals surface area contributed by atoms with Crippen molar-refractivity contribution in [3.8, 4) is 11.5 Å². The standard InChI is InChI=1S/C41H55F3N2O9SSi2/c1-38(2,3)53-37(48)45-33-25-35(55-58(40(7,8)9,30-19-15-13-16-20-30)31-21-17-14-18-22-31)34(51-10)24-32(33)36(47)46-26-29(54-56(49,50)41(42,43)44)23-28(46)27-52-57(11,12)39(4,5)6/h13-22,24-26,28H,23,27H2,1-12H3,(H,45,48)/t28-/m0/s1. The van der Waals surface area contributed by atoms with E-state index < -0.39 is 73.1 Å². The van der Waals surface area contributed by atoms with Crippen molar-refractivity contribution in [2.45, 2.75) is 109 Å². The van der Waals surface area contributed by atoms with Gasteiger partial charge in [-0.3, -0.25) is 10.1 Å². The third kappa shape index (κ3) is 10.3. The molecule has 318 valence electrons. The maximum absolute atomic E-state index is 14.8. The van der Waals surface area contributed by atoms with Gasteiger partial charge >= 0.3 is 30.0 Å². The number of hydrogen-bond donors (Lipinski definition) is 1. The van der Waals surface area contributed by atoms with E-state index in [1.165, 1.54) is 19.2 Å². The van der Waals surface area contributed by atoms with Crippen molar-refractivity contribution in [2.24, 2.45) is 0 Å². The van der Waals surface area contributed by atoms with Crippen LogP contribution in [-0.2, 0) is 23.5 Å².